The number of likely N-dealkylation sites (N-methyl/N-ethyl adjacent to an activating group) is 1. The molecule has 160 valence electrons. The maximum absolute atomic E-state index is 12.8. The molecule has 3 aromatic rings. The van der Waals surface area contributed by atoms with Crippen LogP contribution in [-0.2, 0) is 27.7 Å². The van der Waals surface area contributed by atoms with E-state index in [9.17, 15) is 18.3 Å². The van der Waals surface area contributed by atoms with Crippen molar-refractivity contribution in [2.24, 2.45) is 0 Å². The molecule has 1 aromatic carbocycles. The number of aryl methyl sites for hydroxylation is 2. The number of rotatable bonds is 5. The van der Waals surface area contributed by atoms with Gasteiger partial charge in [-0.3, -0.25) is 9.10 Å². The highest BCUT2D eigenvalue weighted by molar-refractivity contribution is 7.89. The fraction of sp³-hybridized carbons (Fsp3) is 0.143. The topological polar surface area (TPSA) is 99.6 Å². The first-order chi connectivity index (χ1) is 14.8. The maximum Gasteiger partial charge on any atom is 0.278 e. The number of aliphatic hydroxyl groups excluding tert-OH is 1. The number of anilines is 1. The summed E-state index contributed by atoms with van der Waals surface area (Å²) in [5.41, 5.74) is 1.83. The van der Waals surface area contributed by atoms with Gasteiger partial charge in [-0.2, -0.15) is 0 Å². The Bertz CT molecular complexity index is 1270. The lowest BCUT2D eigenvalue weighted by atomic mass is 10.1. The Morgan fingerprint density at radius 1 is 1.16 bits per heavy atom. The highest BCUT2D eigenvalue weighted by atomic mass is 35.5. The minimum absolute atomic E-state index is 0.0393. The summed E-state index contributed by atoms with van der Waals surface area (Å²) in [6, 6.07) is 14.8. The average Bonchev–Trinajstić information content (AvgIpc) is 3.16. The molecule has 1 aliphatic rings. The first kappa shape index (κ1) is 21.4. The number of hydrogen-bond acceptors (Lipinski definition) is 6. The molecule has 4 rings (SSSR count). The molecule has 0 unspecified atom stereocenters. The van der Waals surface area contributed by atoms with Gasteiger partial charge in [-0.1, -0.05) is 48.0 Å². The summed E-state index contributed by atoms with van der Waals surface area (Å²) < 4.78 is 26.3. The number of fused-ring (bicyclic) bond motifs is 1. The van der Waals surface area contributed by atoms with Crippen molar-refractivity contribution in [3.05, 3.63) is 80.8 Å². The second kappa shape index (κ2) is 8.33. The van der Waals surface area contributed by atoms with Crippen LogP contribution in [0.2, 0.25) is 4.34 Å². The summed E-state index contributed by atoms with van der Waals surface area (Å²) in [6.07, 6.45) is 3.31. The Kier molecular flexibility index (Phi) is 5.74. The van der Waals surface area contributed by atoms with E-state index >= 15 is 0 Å². The standard InChI is InChI=1S/C21H18ClN3O4S2/c1-25-18(19(26)20-15(31(25,28)29)11-16(22)30-20)21(27)24-17-10-9-14(12-23-17)8-7-13-5-3-2-4-6-13/h2-6,9-12,26H,7-8H2,1H3,(H,23,24,27). The lowest BCUT2D eigenvalue weighted by molar-refractivity contribution is -0.113. The molecule has 1 aliphatic heterocycles. The van der Waals surface area contributed by atoms with E-state index in [2.05, 4.69) is 22.4 Å². The number of carbonyl (C=O) groups excluding carboxylic acids is 1. The maximum atomic E-state index is 12.8. The van der Waals surface area contributed by atoms with Gasteiger partial charge in [0.05, 0.1) is 9.21 Å². The zero-order valence-corrected chi connectivity index (χ0v) is 18.8. The molecule has 0 spiro atoms. The average molecular weight is 476 g/mol. The Morgan fingerprint density at radius 3 is 2.55 bits per heavy atom. The van der Waals surface area contributed by atoms with Crippen molar-refractivity contribution < 1.29 is 18.3 Å². The molecule has 31 heavy (non-hydrogen) atoms. The summed E-state index contributed by atoms with van der Waals surface area (Å²) in [6.45, 7) is 0. The summed E-state index contributed by atoms with van der Waals surface area (Å²) in [5.74, 6) is -0.987. The van der Waals surface area contributed by atoms with E-state index in [0.29, 0.717) is 0 Å². The Hall–Kier alpha value is -2.88. The van der Waals surface area contributed by atoms with E-state index in [1.54, 1.807) is 12.3 Å². The van der Waals surface area contributed by atoms with Gasteiger partial charge in [-0.15, -0.1) is 11.3 Å². The van der Waals surface area contributed by atoms with Crippen LogP contribution in [0.4, 0.5) is 5.82 Å². The van der Waals surface area contributed by atoms with Gasteiger partial charge in [0.25, 0.3) is 15.9 Å². The van der Waals surface area contributed by atoms with E-state index in [-0.39, 0.29) is 25.6 Å². The predicted molar refractivity (Wildman–Crippen MR) is 121 cm³/mol. The third-order valence-corrected chi connectivity index (χ3v) is 8.07. The van der Waals surface area contributed by atoms with Gasteiger partial charge in [0, 0.05) is 13.2 Å². The van der Waals surface area contributed by atoms with Crippen molar-refractivity contribution in [2.75, 3.05) is 12.4 Å². The van der Waals surface area contributed by atoms with Crippen molar-refractivity contribution in [3.8, 4) is 0 Å². The number of thiophene rings is 1. The lowest BCUT2D eigenvalue weighted by Crippen LogP contribution is -2.36. The largest absolute Gasteiger partial charge is 0.504 e. The van der Waals surface area contributed by atoms with E-state index < -0.39 is 21.7 Å². The summed E-state index contributed by atoms with van der Waals surface area (Å²) in [7, 11) is -2.80. The Balaban J connectivity index is 1.51. The molecule has 2 aromatic heterocycles. The first-order valence-electron chi connectivity index (χ1n) is 9.29. The van der Waals surface area contributed by atoms with Gasteiger partial charge in [-0.05, 0) is 36.1 Å². The number of amides is 1. The molecule has 0 atom stereocenters. The molecule has 0 saturated heterocycles. The monoisotopic (exact) mass is 475 g/mol. The van der Waals surface area contributed by atoms with Crippen molar-refractivity contribution in [1.82, 2.24) is 9.29 Å². The van der Waals surface area contributed by atoms with Crippen LogP contribution in [-0.4, -0.2) is 35.8 Å². The number of sulfonamides is 1. The van der Waals surface area contributed by atoms with Crippen LogP contribution in [0.25, 0.3) is 5.76 Å². The quantitative estimate of drug-likeness (QED) is 0.579. The number of nitrogens with zero attached hydrogens (tertiary/aromatic N) is 2. The number of hydrogen-bond donors (Lipinski definition) is 2. The first-order valence-corrected chi connectivity index (χ1v) is 11.9. The van der Waals surface area contributed by atoms with Crippen molar-refractivity contribution in [1.29, 1.82) is 0 Å². The van der Waals surface area contributed by atoms with Gasteiger partial charge in [0.1, 0.15) is 10.7 Å². The molecule has 3 heterocycles. The summed E-state index contributed by atoms with van der Waals surface area (Å²) in [4.78, 5) is 16.9. The van der Waals surface area contributed by atoms with Crippen LogP contribution in [0.3, 0.4) is 0 Å². The number of aromatic nitrogens is 1. The molecule has 7 nitrogen and oxygen atoms in total. The van der Waals surface area contributed by atoms with E-state index in [0.717, 1.165) is 34.0 Å². The Morgan fingerprint density at radius 2 is 1.87 bits per heavy atom. The van der Waals surface area contributed by atoms with E-state index in [4.69, 9.17) is 11.6 Å². The zero-order chi connectivity index (χ0) is 22.2. The molecule has 0 radical (unpaired) electrons. The highest BCUT2D eigenvalue weighted by Gasteiger charge is 2.39. The van der Waals surface area contributed by atoms with Gasteiger partial charge in [-0.25, -0.2) is 13.4 Å². The molecule has 0 fully saturated rings. The second-order valence-electron chi connectivity index (χ2n) is 6.91. The number of benzene rings is 1. The third kappa shape index (κ3) is 4.16. The molecule has 1 amide bonds. The molecule has 2 N–H and O–H groups in total. The number of aliphatic hydroxyl groups is 1. The van der Waals surface area contributed by atoms with E-state index in [1.807, 2.05) is 24.3 Å². The highest BCUT2D eigenvalue weighted by Crippen LogP contribution is 2.41. The number of nitrogens with one attached hydrogen (secondary N) is 1. The SMILES string of the molecule is CN1C(C(=O)Nc2ccc(CCc3ccccc3)cn2)=C(O)c2sc(Cl)cc2S1(=O)=O. The smallest absolute Gasteiger partial charge is 0.278 e. The molecular weight excluding hydrogens is 458 g/mol. The fourth-order valence-corrected chi connectivity index (χ4v) is 6.18. The number of halogens is 1. The minimum Gasteiger partial charge on any atom is -0.504 e. The minimum atomic E-state index is -4.00. The van der Waals surface area contributed by atoms with Crippen LogP contribution in [0, 0.1) is 0 Å². The summed E-state index contributed by atoms with van der Waals surface area (Å²) >= 11 is 6.81. The predicted octanol–water partition coefficient (Wildman–Crippen LogP) is 4.08. The fourth-order valence-electron chi connectivity index (χ4n) is 3.23. The second-order valence-corrected chi connectivity index (χ2v) is 10.5. The number of carbonyl (C=O) groups is 1. The van der Waals surface area contributed by atoms with E-state index in [1.165, 1.54) is 18.7 Å². The van der Waals surface area contributed by atoms with Crippen LogP contribution < -0.4 is 5.32 Å². The molecule has 0 saturated carbocycles. The molecule has 0 bridgehead atoms. The van der Waals surface area contributed by atoms with Gasteiger partial charge >= 0.3 is 0 Å². The van der Waals surface area contributed by atoms with Crippen LogP contribution >= 0.6 is 22.9 Å². The van der Waals surface area contributed by atoms with Crippen LogP contribution in [0.5, 0.6) is 0 Å². The Labute approximate surface area is 188 Å². The van der Waals surface area contributed by atoms with Crippen molar-refractivity contribution in [2.45, 2.75) is 17.7 Å². The van der Waals surface area contributed by atoms with Crippen molar-refractivity contribution >= 4 is 50.4 Å². The third-order valence-electron chi connectivity index (χ3n) is 4.89. The van der Waals surface area contributed by atoms with Gasteiger partial charge in [0.15, 0.2) is 11.5 Å². The summed E-state index contributed by atoms with van der Waals surface area (Å²) in [5, 5.41) is 13.1. The lowest BCUT2D eigenvalue weighted by Gasteiger charge is -2.26. The van der Waals surface area contributed by atoms with Crippen LogP contribution in [0.1, 0.15) is 16.0 Å². The van der Waals surface area contributed by atoms with Crippen LogP contribution in [0.15, 0.2) is 65.3 Å². The molecular formula is C21H18ClN3O4S2. The van der Waals surface area contributed by atoms with Gasteiger partial charge in [0.2, 0.25) is 0 Å². The molecule has 10 heteroatoms. The number of pyridine rings is 1. The van der Waals surface area contributed by atoms with Gasteiger partial charge < -0.3 is 10.4 Å². The van der Waals surface area contributed by atoms with Crippen molar-refractivity contribution in [3.63, 3.8) is 0 Å². The zero-order valence-electron chi connectivity index (χ0n) is 16.4. The normalized spacial score (nSPS) is 15.0. The molecule has 0 aliphatic carbocycles.